The van der Waals surface area contributed by atoms with Gasteiger partial charge in [-0.1, -0.05) is 18.2 Å². The van der Waals surface area contributed by atoms with Gasteiger partial charge in [-0.25, -0.2) is 4.98 Å². The van der Waals surface area contributed by atoms with Gasteiger partial charge in [-0.3, -0.25) is 4.79 Å². The van der Waals surface area contributed by atoms with Crippen molar-refractivity contribution in [1.29, 1.82) is 0 Å². The number of amides is 1. The van der Waals surface area contributed by atoms with Gasteiger partial charge in [0, 0.05) is 24.6 Å². The second-order valence-electron chi connectivity index (χ2n) is 5.36. The molecule has 0 spiro atoms. The quantitative estimate of drug-likeness (QED) is 0.751. The van der Waals surface area contributed by atoms with Crippen LogP contribution in [0, 0.1) is 0 Å². The van der Waals surface area contributed by atoms with Gasteiger partial charge in [-0.05, 0) is 29.8 Å². The van der Waals surface area contributed by atoms with Crippen LogP contribution in [-0.2, 0) is 6.54 Å². The van der Waals surface area contributed by atoms with E-state index >= 15 is 0 Å². The molecule has 0 aliphatic heterocycles. The van der Waals surface area contributed by atoms with Crippen LogP contribution in [0.25, 0.3) is 5.69 Å². The van der Waals surface area contributed by atoms with E-state index in [0.29, 0.717) is 23.6 Å². The molecule has 25 heavy (non-hydrogen) atoms. The van der Waals surface area contributed by atoms with Crippen molar-refractivity contribution in [2.45, 2.75) is 6.54 Å². The average Bonchev–Trinajstić information content (AvgIpc) is 3.20. The van der Waals surface area contributed by atoms with Gasteiger partial charge in [0.25, 0.3) is 5.91 Å². The molecule has 1 amide bonds. The standard InChI is InChI=1S/C19H19N3O3/c1-24-16-4-3-5-17(25-2)18(16)19(23)21-12-14-6-8-15(9-7-14)22-11-10-20-13-22/h3-11,13H,12H2,1-2H3,(H,21,23). The van der Waals surface area contributed by atoms with Gasteiger partial charge in [-0.2, -0.15) is 0 Å². The van der Waals surface area contributed by atoms with Crippen molar-refractivity contribution in [3.8, 4) is 17.2 Å². The van der Waals surface area contributed by atoms with Crippen LogP contribution in [0.2, 0.25) is 0 Å². The Labute approximate surface area is 146 Å². The fourth-order valence-electron chi connectivity index (χ4n) is 2.54. The van der Waals surface area contributed by atoms with Crippen molar-refractivity contribution < 1.29 is 14.3 Å². The first kappa shape index (κ1) is 16.6. The predicted molar refractivity (Wildman–Crippen MR) is 94.3 cm³/mol. The highest BCUT2D eigenvalue weighted by atomic mass is 16.5. The Morgan fingerprint density at radius 1 is 1.08 bits per heavy atom. The molecule has 6 nitrogen and oxygen atoms in total. The number of methoxy groups -OCH3 is 2. The van der Waals surface area contributed by atoms with Crippen molar-refractivity contribution in [2.24, 2.45) is 0 Å². The number of ether oxygens (including phenoxy) is 2. The van der Waals surface area contributed by atoms with Gasteiger partial charge in [-0.15, -0.1) is 0 Å². The highest BCUT2D eigenvalue weighted by molar-refractivity contribution is 5.99. The molecular weight excluding hydrogens is 318 g/mol. The minimum atomic E-state index is -0.243. The van der Waals surface area contributed by atoms with E-state index in [0.717, 1.165) is 11.3 Å². The number of aromatic nitrogens is 2. The molecule has 0 radical (unpaired) electrons. The Hall–Kier alpha value is -3.28. The topological polar surface area (TPSA) is 65.4 Å². The Bertz CT molecular complexity index is 821. The fourth-order valence-corrected chi connectivity index (χ4v) is 2.54. The van der Waals surface area contributed by atoms with E-state index in [1.807, 2.05) is 35.0 Å². The summed E-state index contributed by atoms with van der Waals surface area (Å²) in [7, 11) is 3.06. The van der Waals surface area contributed by atoms with Crippen molar-refractivity contribution in [3.63, 3.8) is 0 Å². The molecule has 128 valence electrons. The molecule has 0 saturated heterocycles. The maximum Gasteiger partial charge on any atom is 0.259 e. The molecule has 0 fully saturated rings. The lowest BCUT2D eigenvalue weighted by molar-refractivity contribution is 0.0944. The van der Waals surface area contributed by atoms with Crippen LogP contribution >= 0.6 is 0 Å². The lowest BCUT2D eigenvalue weighted by atomic mass is 10.1. The molecular formula is C19H19N3O3. The minimum Gasteiger partial charge on any atom is -0.496 e. The Kier molecular flexibility index (Phi) is 4.99. The maximum atomic E-state index is 12.5. The van der Waals surface area contributed by atoms with Crippen LogP contribution in [0.15, 0.2) is 61.2 Å². The summed E-state index contributed by atoms with van der Waals surface area (Å²) in [6.45, 7) is 0.407. The first-order valence-corrected chi connectivity index (χ1v) is 7.79. The molecule has 0 unspecified atom stereocenters. The van der Waals surface area contributed by atoms with Crippen molar-refractivity contribution in [1.82, 2.24) is 14.9 Å². The fraction of sp³-hybridized carbons (Fsp3) is 0.158. The highest BCUT2D eigenvalue weighted by Gasteiger charge is 2.17. The Morgan fingerprint density at radius 2 is 1.76 bits per heavy atom. The van der Waals surface area contributed by atoms with E-state index in [4.69, 9.17) is 9.47 Å². The van der Waals surface area contributed by atoms with Gasteiger partial charge in [0.05, 0.1) is 20.5 Å². The second kappa shape index (κ2) is 7.53. The highest BCUT2D eigenvalue weighted by Crippen LogP contribution is 2.28. The van der Waals surface area contributed by atoms with E-state index in [1.165, 1.54) is 14.2 Å². The van der Waals surface area contributed by atoms with E-state index in [1.54, 1.807) is 30.7 Å². The van der Waals surface area contributed by atoms with E-state index in [2.05, 4.69) is 10.3 Å². The number of imidazole rings is 1. The third kappa shape index (κ3) is 3.63. The van der Waals surface area contributed by atoms with Gasteiger partial charge in [0.1, 0.15) is 17.1 Å². The molecule has 3 rings (SSSR count). The number of hydrogen-bond donors (Lipinski definition) is 1. The summed E-state index contributed by atoms with van der Waals surface area (Å²) in [6, 6.07) is 13.1. The van der Waals surface area contributed by atoms with E-state index in [-0.39, 0.29) is 5.91 Å². The number of rotatable bonds is 6. The van der Waals surface area contributed by atoms with Crippen LogP contribution in [0.3, 0.4) is 0 Å². The van der Waals surface area contributed by atoms with Gasteiger partial charge < -0.3 is 19.4 Å². The van der Waals surface area contributed by atoms with Crippen LogP contribution in [0.1, 0.15) is 15.9 Å². The number of carbonyl (C=O) groups is 1. The summed E-state index contributed by atoms with van der Waals surface area (Å²) < 4.78 is 12.5. The molecule has 0 bridgehead atoms. The summed E-state index contributed by atoms with van der Waals surface area (Å²) in [4.78, 5) is 16.6. The van der Waals surface area contributed by atoms with Crippen LogP contribution in [0.5, 0.6) is 11.5 Å². The number of carbonyl (C=O) groups excluding carboxylic acids is 1. The van der Waals surface area contributed by atoms with Crippen LogP contribution in [-0.4, -0.2) is 29.7 Å². The monoisotopic (exact) mass is 337 g/mol. The lowest BCUT2D eigenvalue weighted by Gasteiger charge is -2.13. The number of benzene rings is 2. The van der Waals surface area contributed by atoms with Crippen molar-refractivity contribution in [2.75, 3.05) is 14.2 Å². The molecule has 2 aromatic carbocycles. The molecule has 1 N–H and O–H groups in total. The van der Waals surface area contributed by atoms with Crippen molar-refractivity contribution in [3.05, 3.63) is 72.3 Å². The van der Waals surface area contributed by atoms with Gasteiger partial charge in [0.2, 0.25) is 0 Å². The smallest absolute Gasteiger partial charge is 0.259 e. The normalized spacial score (nSPS) is 10.3. The largest absolute Gasteiger partial charge is 0.496 e. The average molecular weight is 337 g/mol. The summed E-state index contributed by atoms with van der Waals surface area (Å²) >= 11 is 0. The molecule has 3 aromatic rings. The molecule has 0 aliphatic rings. The maximum absolute atomic E-state index is 12.5. The van der Waals surface area contributed by atoms with Crippen molar-refractivity contribution >= 4 is 5.91 Å². The zero-order valence-electron chi connectivity index (χ0n) is 14.1. The zero-order valence-corrected chi connectivity index (χ0v) is 14.1. The van der Waals surface area contributed by atoms with Crippen LogP contribution < -0.4 is 14.8 Å². The third-order valence-corrected chi connectivity index (χ3v) is 3.85. The Morgan fingerprint density at radius 3 is 2.32 bits per heavy atom. The molecule has 6 heteroatoms. The number of nitrogens with one attached hydrogen (secondary N) is 1. The molecule has 1 aromatic heterocycles. The molecule has 0 saturated carbocycles. The SMILES string of the molecule is COc1cccc(OC)c1C(=O)NCc1ccc(-n2ccnc2)cc1. The second-order valence-corrected chi connectivity index (χ2v) is 5.36. The van der Waals surface area contributed by atoms with Crippen LogP contribution in [0.4, 0.5) is 0 Å². The third-order valence-electron chi connectivity index (χ3n) is 3.85. The lowest BCUT2D eigenvalue weighted by Crippen LogP contribution is -2.24. The number of nitrogens with zero attached hydrogens (tertiary/aromatic N) is 2. The summed E-state index contributed by atoms with van der Waals surface area (Å²) in [5.74, 6) is 0.715. The molecule has 1 heterocycles. The van der Waals surface area contributed by atoms with E-state index < -0.39 is 0 Å². The first-order valence-electron chi connectivity index (χ1n) is 7.79. The Balaban J connectivity index is 1.71. The summed E-state index contributed by atoms with van der Waals surface area (Å²) in [5, 5.41) is 2.90. The summed E-state index contributed by atoms with van der Waals surface area (Å²) in [5.41, 5.74) is 2.40. The zero-order chi connectivity index (χ0) is 17.6. The minimum absolute atomic E-state index is 0.243. The summed E-state index contributed by atoms with van der Waals surface area (Å²) in [6.07, 6.45) is 5.35. The predicted octanol–water partition coefficient (Wildman–Crippen LogP) is 2.82. The van der Waals surface area contributed by atoms with Gasteiger partial charge in [0.15, 0.2) is 0 Å². The molecule has 0 atom stereocenters. The first-order chi connectivity index (χ1) is 12.2. The molecule has 0 aliphatic carbocycles. The number of hydrogen-bond acceptors (Lipinski definition) is 4. The van der Waals surface area contributed by atoms with Gasteiger partial charge >= 0.3 is 0 Å². The van der Waals surface area contributed by atoms with E-state index in [9.17, 15) is 4.79 Å².